The highest BCUT2D eigenvalue weighted by atomic mass is 32.2. The lowest BCUT2D eigenvalue weighted by Crippen LogP contribution is -2.26. The van der Waals surface area contributed by atoms with Gasteiger partial charge in [-0.15, -0.1) is 21.5 Å². The van der Waals surface area contributed by atoms with Gasteiger partial charge in [-0.25, -0.2) is 4.98 Å². The Balaban J connectivity index is 1.35. The molecule has 9 heteroatoms. The summed E-state index contributed by atoms with van der Waals surface area (Å²) in [7, 11) is 0. The zero-order chi connectivity index (χ0) is 21.6. The molecular weight excluding hydrogens is 430 g/mol. The molecule has 1 unspecified atom stereocenters. The van der Waals surface area contributed by atoms with Crippen molar-refractivity contribution >= 4 is 44.9 Å². The Bertz CT molecular complexity index is 1240. The quantitative estimate of drug-likeness (QED) is 0.446. The van der Waals surface area contributed by atoms with Crippen LogP contribution in [0, 0.1) is 11.3 Å². The lowest BCUT2D eigenvalue weighted by Gasteiger charge is -2.33. The van der Waals surface area contributed by atoms with Crippen LogP contribution in [-0.4, -0.2) is 31.2 Å². The molecule has 0 saturated heterocycles. The molecule has 0 aromatic carbocycles. The number of carbonyl (C=O) groups is 1. The third-order valence-electron chi connectivity index (χ3n) is 6.02. The van der Waals surface area contributed by atoms with Crippen LogP contribution >= 0.6 is 23.1 Å². The van der Waals surface area contributed by atoms with Crippen LogP contribution in [0.15, 0.2) is 34.3 Å². The lowest BCUT2D eigenvalue weighted by atomic mass is 9.72. The number of rotatable bonds is 5. The number of amides is 1. The number of hydrogen-bond donors (Lipinski definition) is 1. The molecule has 0 saturated carbocycles. The topological polar surface area (TPSA) is 85.3 Å². The molecule has 4 aromatic rings. The Labute approximate surface area is 188 Å². The first-order chi connectivity index (χ1) is 14.9. The van der Waals surface area contributed by atoms with Gasteiger partial charge in [-0.2, -0.15) is 0 Å². The van der Waals surface area contributed by atoms with Gasteiger partial charge in [0.05, 0.1) is 23.9 Å². The normalized spacial score (nSPS) is 16.7. The molecule has 31 heavy (non-hydrogen) atoms. The van der Waals surface area contributed by atoms with Gasteiger partial charge in [-0.05, 0) is 48.3 Å². The number of nitrogens with zero attached hydrogens (tertiary/aromatic N) is 4. The summed E-state index contributed by atoms with van der Waals surface area (Å²) in [5.74, 6) is 1.60. The van der Waals surface area contributed by atoms with Crippen LogP contribution in [0.1, 0.15) is 43.4 Å². The number of aryl methyl sites for hydroxylation is 1. The van der Waals surface area contributed by atoms with Crippen LogP contribution in [0.2, 0.25) is 0 Å². The highest BCUT2D eigenvalue weighted by Crippen LogP contribution is 2.43. The zero-order valence-electron chi connectivity index (χ0n) is 17.8. The van der Waals surface area contributed by atoms with Gasteiger partial charge in [0.15, 0.2) is 10.8 Å². The first-order valence-electron chi connectivity index (χ1n) is 10.5. The monoisotopic (exact) mass is 455 g/mol. The van der Waals surface area contributed by atoms with E-state index in [-0.39, 0.29) is 11.7 Å². The number of fused-ring (bicyclic) bond motifs is 5. The summed E-state index contributed by atoms with van der Waals surface area (Å²) in [6.07, 6.45) is 6.73. The fourth-order valence-corrected chi connectivity index (χ4v) is 6.17. The number of furan rings is 1. The van der Waals surface area contributed by atoms with E-state index in [2.05, 4.69) is 36.3 Å². The molecule has 7 nitrogen and oxygen atoms in total. The van der Waals surface area contributed by atoms with E-state index in [1.165, 1.54) is 28.6 Å². The van der Waals surface area contributed by atoms with Gasteiger partial charge >= 0.3 is 0 Å². The predicted molar refractivity (Wildman–Crippen MR) is 122 cm³/mol. The van der Waals surface area contributed by atoms with Gasteiger partial charge in [-0.1, -0.05) is 32.5 Å². The number of nitrogens with one attached hydrogen (secondary N) is 1. The average Bonchev–Trinajstić information content (AvgIpc) is 3.46. The molecule has 4 aromatic heterocycles. The molecule has 1 amide bonds. The minimum atomic E-state index is -0.0756. The summed E-state index contributed by atoms with van der Waals surface area (Å²) in [6, 6.07) is 3.64. The molecule has 0 aliphatic heterocycles. The Kier molecular flexibility index (Phi) is 5.26. The van der Waals surface area contributed by atoms with E-state index in [1.54, 1.807) is 30.0 Å². The van der Waals surface area contributed by atoms with Crippen molar-refractivity contribution in [2.45, 2.75) is 51.7 Å². The van der Waals surface area contributed by atoms with Crippen LogP contribution in [0.25, 0.3) is 15.9 Å². The molecule has 0 bridgehead atoms. The first-order valence-corrected chi connectivity index (χ1v) is 12.3. The van der Waals surface area contributed by atoms with Crippen molar-refractivity contribution in [3.05, 3.63) is 40.9 Å². The summed E-state index contributed by atoms with van der Waals surface area (Å²) in [5, 5.41) is 13.5. The third-order valence-corrected chi connectivity index (χ3v) is 8.13. The maximum atomic E-state index is 12.2. The molecule has 0 fully saturated rings. The van der Waals surface area contributed by atoms with E-state index in [9.17, 15) is 4.79 Å². The number of thioether (sulfide) groups is 1. The fraction of sp³-hybridized carbons (Fsp3) is 0.455. The summed E-state index contributed by atoms with van der Waals surface area (Å²) >= 11 is 3.16. The second-order valence-electron chi connectivity index (χ2n) is 9.06. The third kappa shape index (κ3) is 3.96. The van der Waals surface area contributed by atoms with Gasteiger partial charge in [-0.3, -0.25) is 9.20 Å². The molecule has 5 rings (SSSR count). The SMILES string of the molecule is CC(C)(C)C1CCc2c(sc3ncn4c(SCC(=O)NCc5ccco5)nnc4c23)C1. The van der Waals surface area contributed by atoms with Gasteiger partial charge in [0.1, 0.15) is 16.9 Å². The summed E-state index contributed by atoms with van der Waals surface area (Å²) in [6.45, 7) is 7.38. The van der Waals surface area contributed by atoms with Gasteiger partial charge in [0.2, 0.25) is 5.91 Å². The summed E-state index contributed by atoms with van der Waals surface area (Å²) in [5.41, 5.74) is 2.54. The minimum Gasteiger partial charge on any atom is -0.467 e. The molecule has 1 aliphatic carbocycles. The number of carbonyl (C=O) groups excluding carboxylic acids is 1. The zero-order valence-corrected chi connectivity index (χ0v) is 19.5. The fourth-order valence-electron chi connectivity index (χ4n) is 4.17. The van der Waals surface area contributed by atoms with E-state index in [1.807, 2.05) is 10.5 Å². The molecule has 1 N–H and O–H groups in total. The van der Waals surface area contributed by atoms with Crippen LogP contribution in [0.3, 0.4) is 0 Å². The van der Waals surface area contributed by atoms with Gasteiger partial charge in [0, 0.05) is 4.88 Å². The number of hydrogen-bond acceptors (Lipinski definition) is 7. The van der Waals surface area contributed by atoms with Crippen molar-refractivity contribution in [2.24, 2.45) is 11.3 Å². The van der Waals surface area contributed by atoms with Crippen LogP contribution in [0.5, 0.6) is 0 Å². The van der Waals surface area contributed by atoms with E-state index >= 15 is 0 Å². The van der Waals surface area contributed by atoms with Gasteiger partial charge < -0.3 is 9.73 Å². The second-order valence-corrected chi connectivity index (χ2v) is 11.1. The number of thiophene rings is 1. The standard InChI is InChI=1S/C22H25N5O2S2/c1-22(2,3)13-6-7-15-16(9-13)31-20-18(15)19-25-26-21(27(19)12-24-20)30-11-17(28)23-10-14-5-4-8-29-14/h4-5,8,12-13H,6-7,9-11H2,1-3H3,(H,23,28). The van der Waals surface area contributed by atoms with Crippen molar-refractivity contribution in [3.8, 4) is 0 Å². The van der Waals surface area contributed by atoms with Crippen molar-refractivity contribution in [2.75, 3.05) is 5.75 Å². The molecule has 162 valence electrons. The van der Waals surface area contributed by atoms with Crippen molar-refractivity contribution < 1.29 is 9.21 Å². The summed E-state index contributed by atoms with van der Waals surface area (Å²) < 4.78 is 7.15. The highest BCUT2D eigenvalue weighted by Gasteiger charge is 2.31. The van der Waals surface area contributed by atoms with Crippen LogP contribution < -0.4 is 5.32 Å². The van der Waals surface area contributed by atoms with Gasteiger partial charge in [0.25, 0.3) is 0 Å². The van der Waals surface area contributed by atoms with Crippen molar-refractivity contribution in [3.63, 3.8) is 0 Å². The molecular formula is C22H25N5O2S2. The molecule has 1 atom stereocenters. The maximum Gasteiger partial charge on any atom is 0.230 e. The Morgan fingerprint density at radius 3 is 3.03 bits per heavy atom. The smallest absolute Gasteiger partial charge is 0.230 e. The molecule has 1 aliphatic rings. The lowest BCUT2D eigenvalue weighted by molar-refractivity contribution is -0.118. The average molecular weight is 456 g/mol. The highest BCUT2D eigenvalue weighted by molar-refractivity contribution is 7.99. The van der Waals surface area contributed by atoms with E-state index in [0.717, 1.165) is 34.5 Å². The van der Waals surface area contributed by atoms with Crippen LogP contribution in [0.4, 0.5) is 0 Å². The number of aromatic nitrogens is 4. The Morgan fingerprint density at radius 2 is 2.26 bits per heavy atom. The Morgan fingerprint density at radius 1 is 1.39 bits per heavy atom. The van der Waals surface area contributed by atoms with Crippen LogP contribution in [-0.2, 0) is 24.2 Å². The second kappa shape index (κ2) is 7.94. The molecule has 0 spiro atoms. The summed E-state index contributed by atoms with van der Waals surface area (Å²) in [4.78, 5) is 19.4. The van der Waals surface area contributed by atoms with E-state index in [4.69, 9.17) is 9.40 Å². The minimum absolute atomic E-state index is 0.0756. The predicted octanol–water partition coefficient (Wildman–Crippen LogP) is 4.49. The van der Waals surface area contributed by atoms with E-state index in [0.29, 0.717) is 23.0 Å². The first kappa shape index (κ1) is 20.5. The largest absolute Gasteiger partial charge is 0.467 e. The molecule has 4 heterocycles. The van der Waals surface area contributed by atoms with Crippen molar-refractivity contribution in [1.29, 1.82) is 0 Å². The van der Waals surface area contributed by atoms with E-state index < -0.39 is 0 Å². The Hall–Kier alpha value is -2.39. The van der Waals surface area contributed by atoms with Crippen molar-refractivity contribution in [1.82, 2.24) is 24.9 Å². The maximum absolute atomic E-state index is 12.2. The molecule has 0 radical (unpaired) electrons.